The van der Waals surface area contributed by atoms with Crippen LogP contribution in [0.1, 0.15) is 65.8 Å². The van der Waals surface area contributed by atoms with Crippen molar-refractivity contribution in [3.05, 3.63) is 29.6 Å². The van der Waals surface area contributed by atoms with Crippen molar-refractivity contribution in [2.75, 3.05) is 6.54 Å². The Morgan fingerprint density at radius 1 is 1.14 bits per heavy atom. The Hall–Kier alpha value is -1.35. The number of hydrogen-bond donors (Lipinski definition) is 1. The molecular formula is C19H33N3. The van der Waals surface area contributed by atoms with Gasteiger partial charge in [0.05, 0.1) is 0 Å². The summed E-state index contributed by atoms with van der Waals surface area (Å²) in [5.74, 6) is 0.833. The molecule has 0 saturated carbocycles. The molecule has 0 radical (unpaired) electrons. The van der Waals surface area contributed by atoms with Crippen molar-refractivity contribution in [1.82, 2.24) is 14.9 Å². The molecule has 2 aromatic heterocycles. The van der Waals surface area contributed by atoms with Crippen molar-refractivity contribution in [3.63, 3.8) is 0 Å². The van der Waals surface area contributed by atoms with Gasteiger partial charge in [-0.05, 0) is 37.5 Å². The van der Waals surface area contributed by atoms with E-state index >= 15 is 0 Å². The van der Waals surface area contributed by atoms with Crippen LogP contribution in [0.5, 0.6) is 0 Å². The van der Waals surface area contributed by atoms with Crippen LogP contribution in [0.15, 0.2) is 18.3 Å². The quantitative estimate of drug-likeness (QED) is 0.807. The first-order valence-electron chi connectivity index (χ1n) is 8.69. The summed E-state index contributed by atoms with van der Waals surface area (Å²) < 4.78 is 2.39. The van der Waals surface area contributed by atoms with Crippen LogP contribution in [0.3, 0.4) is 0 Å². The van der Waals surface area contributed by atoms with Gasteiger partial charge in [0, 0.05) is 42.8 Å². The Morgan fingerprint density at radius 3 is 2.36 bits per heavy atom. The van der Waals surface area contributed by atoms with Gasteiger partial charge in [-0.3, -0.25) is 0 Å². The van der Waals surface area contributed by atoms with Gasteiger partial charge in [-0.25, -0.2) is 4.98 Å². The molecule has 22 heavy (non-hydrogen) atoms. The molecule has 0 saturated heterocycles. The van der Waals surface area contributed by atoms with E-state index in [1.54, 1.807) is 0 Å². The molecule has 124 valence electrons. The molecule has 2 aromatic rings. The molecule has 0 fully saturated rings. The largest absolute Gasteiger partial charge is 0.327 e. The fourth-order valence-corrected chi connectivity index (χ4v) is 2.70. The van der Waals surface area contributed by atoms with Gasteiger partial charge in [0.2, 0.25) is 0 Å². The minimum absolute atomic E-state index is 0.485. The van der Waals surface area contributed by atoms with E-state index in [0.717, 1.165) is 31.1 Å². The smallest absolute Gasteiger partial charge is 0.140 e. The molecule has 3 rings (SSSR count). The van der Waals surface area contributed by atoms with Gasteiger partial charge in [-0.1, -0.05) is 34.6 Å². The molecule has 0 spiro atoms. The summed E-state index contributed by atoms with van der Waals surface area (Å²) in [6, 6.07) is 4.70. The summed E-state index contributed by atoms with van der Waals surface area (Å²) in [7, 11) is 0. The average Bonchev–Trinajstić information content (AvgIpc) is 2.83. The van der Waals surface area contributed by atoms with E-state index in [4.69, 9.17) is 0 Å². The van der Waals surface area contributed by atoms with Crippen molar-refractivity contribution < 1.29 is 0 Å². The fourth-order valence-electron chi connectivity index (χ4n) is 2.70. The molecule has 0 amide bonds. The second-order valence-corrected chi connectivity index (χ2v) is 6.42. The molecule has 1 N–H and O–H groups in total. The lowest BCUT2D eigenvalue weighted by Crippen LogP contribution is -2.25. The third kappa shape index (κ3) is 4.33. The van der Waals surface area contributed by atoms with Crippen LogP contribution in [-0.2, 0) is 13.0 Å². The molecule has 3 heteroatoms. The summed E-state index contributed by atoms with van der Waals surface area (Å²) in [6.45, 7) is 17.0. The second kappa shape index (κ2) is 8.94. The zero-order valence-electron chi connectivity index (χ0n) is 15.4. The van der Waals surface area contributed by atoms with Crippen LogP contribution in [0.4, 0.5) is 0 Å². The maximum Gasteiger partial charge on any atom is 0.140 e. The summed E-state index contributed by atoms with van der Waals surface area (Å²) in [6.07, 6.45) is 3.00. The number of aromatic nitrogens is 2. The van der Waals surface area contributed by atoms with E-state index in [1.807, 2.05) is 26.1 Å². The van der Waals surface area contributed by atoms with Crippen molar-refractivity contribution in [2.45, 2.75) is 67.5 Å². The highest BCUT2D eigenvalue weighted by molar-refractivity contribution is 5.82. The van der Waals surface area contributed by atoms with Gasteiger partial charge < -0.3 is 9.88 Å². The highest BCUT2D eigenvalue weighted by Crippen LogP contribution is 2.29. The van der Waals surface area contributed by atoms with Gasteiger partial charge in [0.25, 0.3) is 0 Å². The number of hydrogen-bond acceptors (Lipinski definition) is 2. The number of nitrogens with one attached hydrogen (secondary N) is 1. The minimum atomic E-state index is 0.485. The molecular weight excluding hydrogens is 270 g/mol. The molecule has 3 heterocycles. The van der Waals surface area contributed by atoms with Gasteiger partial charge in [-0.15, -0.1) is 0 Å². The normalized spacial score (nSPS) is 13.3. The number of nitrogens with zero attached hydrogens (tertiary/aromatic N) is 2. The summed E-state index contributed by atoms with van der Waals surface area (Å²) >= 11 is 0. The predicted molar refractivity (Wildman–Crippen MR) is 97.4 cm³/mol. The topological polar surface area (TPSA) is 29.9 Å². The van der Waals surface area contributed by atoms with Gasteiger partial charge in [0.1, 0.15) is 5.65 Å². The van der Waals surface area contributed by atoms with Gasteiger partial charge in [-0.2, -0.15) is 0 Å². The number of rotatable bonds is 1. The zero-order valence-corrected chi connectivity index (χ0v) is 15.4. The SMILES string of the molecule is CC.CC(C)C.CC(C)n1c2c(c3cccnc31)CNCC2. The molecule has 0 aromatic carbocycles. The van der Waals surface area contributed by atoms with Crippen LogP contribution >= 0.6 is 0 Å². The predicted octanol–water partition coefficient (Wildman–Crippen LogP) is 4.95. The van der Waals surface area contributed by atoms with E-state index < -0.39 is 0 Å². The molecule has 0 unspecified atom stereocenters. The Balaban J connectivity index is 0.000000354. The third-order valence-corrected chi connectivity index (χ3v) is 3.34. The highest BCUT2D eigenvalue weighted by Gasteiger charge is 2.21. The lowest BCUT2D eigenvalue weighted by Gasteiger charge is -2.18. The Bertz CT molecular complexity index is 565. The first kappa shape index (κ1) is 18.7. The molecule has 0 bridgehead atoms. The lowest BCUT2D eigenvalue weighted by molar-refractivity contribution is 0.551. The van der Waals surface area contributed by atoms with Gasteiger partial charge >= 0.3 is 0 Å². The van der Waals surface area contributed by atoms with Crippen molar-refractivity contribution in [1.29, 1.82) is 0 Å². The third-order valence-electron chi connectivity index (χ3n) is 3.34. The van der Waals surface area contributed by atoms with Gasteiger partial charge in [0.15, 0.2) is 0 Å². The number of fused-ring (bicyclic) bond motifs is 3. The number of pyridine rings is 1. The average molecular weight is 303 g/mol. The molecule has 1 aliphatic rings. The molecule has 0 atom stereocenters. The van der Waals surface area contributed by atoms with Crippen LogP contribution in [0, 0.1) is 5.92 Å². The monoisotopic (exact) mass is 303 g/mol. The minimum Gasteiger partial charge on any atom is -0.327 e. The van der Waals surface area contributed by atoms with E-state index in [-0.39, 0.29) is 0 Å². The van der Waals surface area contributed by atoms with Crippen LogP contribution < -0.4 is 5.32 Å². The van der Waals surface area contributed by atoms with Crippen LogP contribution in [0.2, 0.25) is 0 Å². The van der Waals surface area contributed by atoms with Crippen LogP contribution in [-0.4, -0.2) is 16.1 Å². The van der Waals surface area contributed by atoms with Crippen molar-refractivity contribution in [2.24, 2.45) is 5.92 Å². The maximum atomic E-state index is 4.54. The molecule has 3 nitrogen and oxygen atoms in total. The first-order valence-corrected chi connectivity index (χ1v) is 8.69. The Morgan fingerprint density at radius 2 is 1.77 bits per heavy atom. The lowest BCUT2D eigenvalue weighted by atomic mass is 10.1. The Kier molecular flexibility index (Phi) is 7.60. The zero-order chi connectivity index (χ0) is 16.7. The van der Waals surface area contributed by atoms with E-state index in [1.165, 1.54) is 16.6 Å². The second-order valence-electron chi connectivity index (χ2n) is 6.42. The molecule has 1 aliphatic heterocycles. The first-order chi connectivity index (χ1) is 10.5. The van der Waals surface area contributed by atoms with Crippen molar-refractivity contribution >= 4 is 11.0 Å². The van der Waals surface area contributed by atoms with E-state index in [2.05, 4.69) is 55.6 Å². The summed E-state index contributed by atoms with van der Waals surface area (Å²) in [5, 5.41) is 4.76. The van der Waals surface area contributed by atoms with Crippen LogP contribution in [0.25, 0.3) is 11.0 Å². The summed E-state index contributed by atoms with van der Waals surface area (Å²) in [5.41, 5.74) is 4.07. The Labute approximate surface area is 136 Å². The standard InChI is InChI=1S/C13H17N3.C4H10.C2H6/c1-9(2)16-12-5-7-14-8-11(12)10-4-3-6-15-13(10)16;1-4(2)3;1-2/h3-4,6,9,14H,5,7-8H2,1-2H3;4H,1-3H3;1-2H3. The highest BCUT2D eigenvalue weighted by atomic mass is 15.1. The van der Waals surface area contributed by atoms with Crippen molar-refractivity contribution in [3.8, 4) is 0 Å². The maximum absolute atomic E-state index is 4.54. The van der Waals surface area contributed by atoms with E-state index in [0.29, 0.717) is 6.04 Å². The molecule has 0 aliphatic carbocycles. The summed E-state index contributed by atoms with van der Waals surface area (Å²) in [4.78, 5) is 4.54. The van der Waals surface area contributed by atoms with E-state index in [9.17, 15) is 0 Å². The fraction of sp³-hybridized carbons (Fsp3) is 0.632.